The number of Topliss-reactive ketones (excluding diaryl/α,β-unsaturated/α-hetero) is 1. The molecule has 1 aliphatic heterocycles. The zero-order chi connectivity index (χ0) is 33.9. The number of aliphatic hydroxyl groups excluding tert-OH is 1. The number of carbonyl (C=O) groups excluding carboxylic acids is 2. The van der Waals surface area contributed by atoms with Crippen LogP contribution in [0.4, 0.5) is 10.8 Å². The Labute approximate surface area is 292 Å². The van der Waals surface area contributed by atoms with Crippen LogP contribution in [0.5, 0.6) is 5.75 Å². The molecule has 1 fully saturated rings. The van der Waals surface area contributed by atoms with Gasteiger partial charge < -0.3 is 9.84 Å². The van der Waals surface area contributed by atoms with Crippen LogP contribution < -0.4 is 9.64 Å². The smallest absolute Gasteiger partial charge is 0.301 e. The second kappa shape index (κ2) is 14.2. The lowest BCUT2D eigenvalue weighted by molar-refractivity contribution is -0.384. The van der Waals surface area contributed by atoms with Crippen molar-refractivity contribution in [3.05, 3.63) is 145 Å². The molecule has 1 unspecified atom stereocenters. The Kier molecular flexibility index (Phi) is 9.78. The van der Waals surface area contributed by atoms with Crippen molar-refractivity contribution in [3.8, 4) is 5.75 Å². The molecule has 0 saturated carbocycles. The number of aliphatic hydroxyl groups is 1. The first-order valence-corrected chi connectivity index (χ1v) is 16.9. The number of amides is 1. The lowest BCUT2D eigenvalue weighted by atomic mass is 9.95. The van der Waals surface area contributed by atoms with E-state index in [1.54, 1.807) is 42.5 Å². The molecule has 0 bridgehead atoms. The molecule has 1 saturated heterocycles. The summed E-state index contributed by atoms with van der Waals surface area (Å²) < 4.78 is 6.42. The third-order valence-electron chi connectivity index (χ3n) is 7.62. The largest absolute Gasteiger partial charge is 0.507 e. The van der Waals surface area contributed by atoms with Crippen molar-refractivity contribution in [3.63, 3.8) is 0 Å². The highest BCUT2D eigenvalue weighted by Gasteiger charge is 2.48. The number of benzene rings is 4. The van der Waals surface area contributed by atoms with Crippen molar-refractivity contribution in [1.82, 2.24) is 10.2 Å². The Bertz CT molecular complexity index is 2070. The normalized spacial score (nSPS) is 15.6. The van der Waals surface area contributed by atoms with Gasteiger partial charge in [-0.05, 0) is 77.7 Å². The van der Waals surface area contributed by atoms with E-state index in [4.69, 9.17) is 27.9 Å². The molecule has 1 aliphatic rings. The van der Waals surface area contributed by atoms with E-state index in [1.807, 2.05) is 31.2 Å². The second-order valence-electron chi connectivity index (χ2n) is 10.6. The number of non-ortho nitro benzene ring substituents is 1. The summed E-state index contributed by atoms with van der Waals surface area (Å²) in [7, 11) is 0. The summed E-state index contributed by atoms with van der Waals surface area (Å²) >= 11 is 14.7. The summed E-state index contributed by atoms with van der Waals surface area (Å²) in [4.78, 5) is 39.1. The molecular formula is C34H24Cl2N4O6S2. The lowest BCUT2D eigenvalue weighted by Gasteiger charge is -2.22. The number of hydrogen-bond acceptors (Lipinski definition) is 10. The number of aromatic nitrogens is 2. The van der Waals surface area contributed by atoms with Crippen molar-refractivity contribution in [2.45, 2.75) is 29.7 Å². The maximum absolute atomic E-state index is 13.6. The zero-order valence-corrected chi connectivity index (χ0v) is 28.1. The minimum Gasteiger partial charge on any atom is -0.507 e. The molecule has 0 spiro atoms. The molecule has 14 heteroatoms. The summed E-state index contributed by atoms with van der Waals surface area (Å²) in [5, 5.41) is 32.4. The number of nitro groups is 1. The van der Waals surface area contributed by atoms with E-state index in [-0.39, 0.29) is 22.0 Å². The van der Waals surface area contributed by atoms with Gasteiger partial charge in [-0.1, -0.05) is 76.6 Å². The summed E-state index contributed by atoms with van der Waals surface area (Å²) in [6.45, 7) is 2.34. The summed E-state index contributed by atoms with van der Waals surface area (Å²) in [5.41, 5.74) is 3.20. The Balaban J connectivity index is 1.32. The Hall–Kier alpha value is -4.75. The van der Waals surface area contributed by atoms with Crippen LogP contribution in [0.1, 0.15) is 33.9 Å². The predicted octanol–water partition coefficient (Wildman–Crippen LogP) is 8.56. The number of carbonyl (C=O) groups is 2. The molecule has 5 aromatic rings. The van der Waals surface area contributed by atoms with Gasteiger partial charge in [0.05, 0.1) is 16.5 Å². The molecule has 1 amide bonds. The van der Waals surface area contributed by atoms with Crippen LogP contribution in [0.15, 0.2) is 101 Å². The first-order valence-electron chi connectivity index (χ1n) is 14.3. The Morgan fingerprint density at radius 2 is 1.73 bits per heavy atom. The van der Waals surface area contributed by atoms with E-state index in [0.717, 1.165) is 32.9 Å². The first-order chi connectivity index (χ1) is 23.1. The number of nitro benzene ring substituents is 1. The van der Waals surface area contributed by atoms with E-state index in [1.165, 1.54) is 36.0 Å². The molecule has 4 aromatic carbocycles. The molecule has 1 atom stereocenters. The number of aryl methyl sites for hydroxylation is 1. The average Bonchev–Trinajstić information content (AvgIpc) is 3.65. The van der Waals surface area contributed by atoms with Crippen molar-refractivity contribution >= 4 is 74.6 Å². The van der Waals surface area contributed by atoms with Crippen LogP contribution in [-0.2, 0) is 21.9 Å². The van der Waals surface area contributed by atoms with Gasteiger partial charge in [0, 0.05) is 33.5 Å². The highest BCUT2D eigenvalue weighted by molar-refractivity contribution is 8.00. The Morgan fingerprint density at radius 1 is 1.00 bits per heavy atom. The third kappa shape index (κ3) is 6.92. The van der Waals surface area contributed by atoms with Crippen molar-refractivity contribution < 1.29 is 24.4 Å². The molecular weight excluding hydrogens is 695 g/mol. The maximum atomic E-state index is 13.6. The molecule has 10 nitrogen and oxygen atoms in total. The van der Waals surface area contributed by atoms with Crippen molar-refractivity contribution in [2.24, 2.45) is 0 Å². The van der Waals surface area contributed by atoms with Gasteiger partial charge in [0.2, 0.25) is 5.13 Å². The fraction of sp³-hybridized carbons (Fsp3) is 0.118. The van der Waals surface area contributed by atoms with Crippen molar-refractivity contribution in [1.29, 1.82) is 0 Å². The number of thioether (sulfide) groups is 1. The SMILES string of the molecule is Cc1ccccc1COc1ccc(C(O)=C2C(=O)C(=O)N(c3nnc(SCc4ccc(Cl)cc4Cl)s3)C2c2ccc([N+](=O)[O-])cc2)cc1. The van der Waals surface area contributed by atoms with E-state index < -0.39 is 28.4 Å². The maximum Gasteiger partial charge on any atom is 0.301 e. The lowest BCUT2D eigenvalue weighted by Crippen LogP contribution is -2.29. The molecule has 0 aliphatic carbocycles. The highest BCUT2D eigenvalue weighted by Crippen LogP contribution is 2.44. The number of anilines is 1. The number of nitrogens with zero attached hydrogens (tertiary/aromatic N) is 4. The third-order valence-corrected chi connectivity index (χ3v) is 10.3. The molecule has 1 N–H and O–H groups in total. The van der Waals surface area contributed by atoms with Gasteiger partial charge >= 0.3 is 5.91 Å². The second-order valence-corrected chi connectivity index (χ2v) is 13.7. The molecule has 1 aromatic heterocycles. The number of rotatable bonds is 10. The van der Waals surface area contributed by atoms with E-state index in [9.17, 15) is 24.8 Å². The van der Waals surface area contributed by atoms with Crippen LogP contribution in [-0.4, -0.2) is 31.9 Å². The number of halogens is 2. The van der Waals surface area contributed by atoms with E-state index >= 15 is 0 Å². The van der Waals surface area contributed by atoms with Crippen LogP contribution in [0.3, 0.4) is 0 Å². The fourth-order valence-corrected chi connectivity index (χ4v) is 7.48. The highest BCUT2D eigenvalue weighted by atomic mass is 35.5. The predicted molar refractivity (Wildman–Crippen MR) is 186 cm³/mol. The summed E-state index contributed by atoms with van der Waals surface area (Å²) in [6.07, 6.45) is 0. The van der Waals surface area contributed by atoms with Gasteiger partial charge in [-0.2, -0.15) is 0 Å². The number of ketones is 1. The number of hydrogen-bond donors (Lipinski definition) is 1. The minimum absolute atomic E-state index is 0.115. The van der Waals surface area contributed by atoms with Crippen LogP contribution in [0.2, 0.25) is 10.0 Å². The van der Waals surface area contributed by atoms with Crippen LogP contribution in [0.25, 0.3) is 5.76 Å². The summed E-state index contributed by atoms with van der Waals surface area (Å²) in [6, 6.07) is 23.8. The average molecular weight is 720 g/mol. The molecule has 2 heterocycles. The molecule has 0 radical (unpaired) electrons. The van der Waals surface area contributed by atoms with Crippen molar-refractivity contribution in [2.75, 3.05) is 4.90 Å². The van der Waals surface area contributed by atoms with Crippen LogP contribution >= 0.6 is 46.3 Å². The summed E-state index contributed by atoms with van der Waals surface area (Å²) in [5.74, 6) is -1.29. The van der Waals surface area contributed by atoms with Gasteiger partial charge in [-0.3, -0.25) is 24.6 Å². The molecule has 6 rings (SSSR count). The van der Waals surface area contributed by atoms with Gasteiger partial charge in [0.25, 0.3) is 11.5 Å². The first kappa shape index (κ1) is 33.2. The standard InChI is InChI=1S/C34H24Cl2N4O6S2/c1-19-4-2-3-5-22(19)17-46-26-14-9-21(10-15-26)30(41)28-29(20-7-12-25(13-8-20)40(44)45)39(32(43)31(28)42)33-37-38-34(48-33)47-18-23-6-11-24(35)16-27(23)36/h2-16,29,41H,17-18H2,1H3. The van der Waals surface area contributed by atoms with Crippen LogP contribution in [0, 0.1) is 17.0 Å². The fourth-order valence-electron chi connectivity index (χ4n) is 5.06. The van der Waals surface area contributed by atoms with E-state index in [2.05, 4.69) is 10.2 Å². The van der Waals surface area contributed by atoms with Gasteiger partial charge in [-0.25, -0.2) is 0 Å². The zero-order valence-electron chi connectivity index (χ0n) is 25.0. The molecule has 48 heavy (non-hydrogen) atoms. The monoisotopic (exact) mass is 718 g/mol. The van der Waals surface area contributed by atoms with Gasteiger partial charge in [0.15, 0.2) is 4.34 Å². The van der Waals surface area contributed by atoms with Gasteiger partial charge in [-0.15, -0.1) is 10.2 Å². The number of ether oxygens (including phenoxy) is 1. The van der Waals surface area contributed by atoms with E-state index in [0.29, 0.717) is 38.1 Å². The topological polar surface area (TPSA) is 136 Å². The quantitative estimate of drug-likeness (QED) is 0.0286. The Morgan fingerprint density at radius 3 is 2.42 bits per heavy atom. The van der Waals surface area contributed by atoms with Gasteiger partial charge in [0.1, 0.15) is 18.1 Å². The minimum atomic E-state index is -1.14. The molecule has 242 valence electrons.